The Balaban J connectivity index is 1.42. The Morgan fingerprint density at radius 3 is 1.61 bits per heavy atom. The number of fused-ring (bicyclic) bond motifs is 2. The highest BCUT2D eigenvalue weighted by Crippen LogP contribution is 2.21. The SMILES string of the molecule is C[C@@H](O)[C@H](N)C(=O)N[C@@H](CS)C(=O)N[C@@H](Cc1ccc(O)cc1)C(=O)N[C@@H](Cc1c[nH]c2ccccc12)C(=O)N[C@@H](Cc1c[nH]c2ccccc12)C(=O)O. The van der Waals surface area contributed by atoms with E-state index in [9.17, 15) is 39.3 Å². The number of nitrogens with one attached hydrogen (secondary N) is 6. The molecule has 5 aromatic rings. The van der Waals surface area contributed by atoms with E-state index in [0.29, 0.717) is 16.7 Å². The number of hydrogen-bond donors (Lipinski definition) is 11. The lowest BCUT2D eigenvalue weighted by Crippen LogP contribution is -2.60. The van der Waals surface area contributed by atoms with Crippen molar-refractivity contribution in [2.75, 3.05) is 5.75 Å². The Labute approximate surface area is 315 Å². The number of aliphatic carboxylic acids is 1. The number of nitrogens with two attached hydrogens (primary N) is 1. The Kier molecular flexibility index (Phi) is 13.0. The highest BCUT2D eigenvalue weighted by Gasteiger charge is 2.33. The molecule has 0 saturated carbocycles. The van der Waals surface area contributed by atoms with Crippen LogP contribution in [0, 0.1) is 0 Å². The van der Waals surface area contributed by atoms with Gasteiger partial charge in [0.1, 0.15) is 36.0 Å². The van der Waals surface area contributed by atoms with Crippen LogP contribution >= 0.6 is 12.6 Å². The second kappa shape index (κ2) is 17.8. The number of thiol groups is 1. The molecule has 0 saturated heterocycles. The molecule has 6 atom stereocenters. The van der Waals surface area contributed by atoms with E-state index in [1.807, 2.05) is 48.5 Å². The fourth-order valence-corrected chi connectivity index (χ4v) is 6.28. The van der Waals surface area contributed by atoms with Gasteiger partial charge in [-0.05, 0) is 47.9 Å². The van der Waals surface area contributed by atoms with Gasteiger partial charge in [0.25, 0.3) is 0 Å². The third kappa shape index (κ3) is 9.77. The molecule has 15 nitrogen and oxygen atoms in total. The number of phenolic OH excluding ortho intramolecular Hbond substituents is 1. The van der Waals surface area contributed by atoms with Gasteiger partial charge in [0.2, 0.25) is 23.6 Å². The van der Waals surface area contributed by atoms with Crippen molar-refractivity contribution >= 4 is 64.0 Å². The number of hydrogen-bond acceptors (Lipinski definition) is 9. The predicted molar refractivity (Wildman–Crippen MR) is 205 cm³/mol. The second-order valence-corrected chi connectivity index (χ2v) is 13.4. The van der Waals surface area contributed by atoms with Crippen LogP contribution in [0.15, 0.2) is 85.2 Å². The number of carboxylic acid groups (broad SMARTS) is 1. The van der Waals surface area contributed by atoms with Crippen LogP contribution in [0.1, 0.15) is 23.6 Å². The Bertz CT molecular complexity index is 2120. The van der Waals surface area contributed by atoms with Crippen molar-refractivity contribution in [3.63, 3.8) is 0 Å². The molecule has 0 aliphatic rings. The summed E-state index contributed by atoms with van der Waals surface area (Å²) < 4.78 is 0. The third-order valence-electron chi connectivity index (χ3n) is 9.09. The van der Waals surface area contributed by atoms with E-state index < -0.39 is 65.9 Å². The fourth-order valence-electron chi connectivity index (χ4n) is 6.03. The molecule has 16 heteroatoms. The van der Waals surface area contributed by atoms with Gasteiger partial charge < -0.3 is 52.3 Å². The van der Waals surface area contributed by atoms with Crippen LogP contribution in [0.25, 0.3) is 21.8 Å². The van der Waals surface area contributed by atoms with Crippen molar-refractivity contribution < 1.29 is 39.3 Å². The van der Waals surface area contributed by atoms with Crippen LogP contribution in [0.2, 0.25) is 0 Å². The van der Waals surface area contributed by atoms with Crippen LogP contribution in [-0.2, 0) is 43.2 Å². The van der Waals surface area contributed by atoms with Crippen molar-refractivity contribution in [3.05, 3.63) is 102 Å². The summed E-state index contributed by atoms with van der Waals surface area (Å²) in [5.74, 6) is -4.65. The number of amides is 4. The minimum absolute atomic E-state index is 0.0211. The Hall–Kier alpha value is -5.84. The number of aromatic nitrogens is 2. The molecular formula is C38H43N7O8S. The molecule has 54 heavy (non-hydrogen) atoms. The predicted octanol–water partition coefficient (Wildman–Crippen LogP) is 1.04. The van der Waals surface area contributed by atoms with Crippen LogP contribution in [0.3, 0.4) is 0 Å². The van der Waals surface area contributed by atoms with Gasteiger partial charge in [-0.25, -0.2) is 4.79 Å². The van der Waals surface area contributed by atoms with Gasteiger partial charge >= 0.3 is 5.97 Å². The number of aromatic hydroxyl groups is 1. The number of phenols is 1. The molecule has 0 fully saturated rings. The highest BCUT2D eigenvalue weighted by molar-refractivity contribution is 7.80. The van der Waals surface area contributed by atoms with Gasteiger partial charge in [0.05, 0.1) is 6.10 Å². The summed E-state index contributed by atoms with van der Waals surface area (Å²) in [6, 6.07) is 14.1. The van der Waals surface area contributed by atoms with E-state index in [1.165, 1.54) is 19.1 Å². The second-order valence-electron chi connectivity index (χ2n) is 13.0. The zero-order valence-electron chi connectivity index (χ0n) is 29.3. The first kappa shape index (κ1) is 39.4. The van der Waals surface area contributed by atoms with Crippen LogP contribution in [-0.4, -0.2) is 97.0 Å². The normalized spacial score (nSPS) is 14.7. The number of carbonyl (C=O) groups excluding carboxylic acids is 4. The Morgan fingerprint density at radius 2 is 1.11 bits per heavy atom. The van der Waals surface area contributed by atoms with Gasteiger partial charge in [-0.3, -0.25) is 19.2 Å². The molecule has 11 N–H and O–H groups in total. The number of aliphatic hydroxyl groups excluding tert-OH is 1. The number of H-pyrrole nitrogens is 2. The summed E-state index contributed by atoms with van der Waals surface area (Å²) in [6.07, 6.45) is 1.99. The van der Waals surface area contributed by atoms with E-state index in [1.54, 1.807) is 24.5 Å². The summed E-state index contributed by atoms with van der Waals surface area (Å²) in [6.45, 7) is 1.32. The van der Waals surface area contributed by atoms with E-state index in [-0.39, 0.29) is 30.8 Å². The molecule has 0 spiro atoms. The average molecular weight is 758 g/mol. The standard InChI is InChI=1S/C38H43N7O8S/c1-20(46)33(39)37(51)45-32(19-54)36(50)42-29(14-21-10-12-24(47)13-11-21)34(48)43-30(15-22-17-40-27-8-4-2-6-25(22)27)35(49)44-31(38(52)53)16-23-18-41-28-9-5-3-7-26(23)28/h2-13,17-18,20,29-33,40-41,46-47,54H,14-16,19,39H2,1H3,(H,42,50)(H,43,48)(H,44,49)(H,45,51)(H,52,53)/t20-,29+,30+,31+,32+,33+/m1/s1. The van der Waals surface area contributed by atoms with Crippen LogP contribution in [0.4, 0.5) is 0 Å². The first-order valence-corrected chi connectivity index (χ1v) is 17.8. The zero-order chi connectivity index (χ0) is 38.9. The van der Waals surface area contributed by atoms with E-state index in [2.05, 4.69) is 43.9 Å². The quantitative estimate of drug-likeness (QED) is 0.0606. The summed E-state index contributed by atoms with van der Waals surface area (Å²) in [5.41, 5.74) is 9.21. The summed E-state index contributed by atoms with van der Waals surface area (Å²) in [5, 5.41) is 41.7. The molecule has 4 amide bonds. The third-order valence-corrected chi connectivity index (χ3v) is 9.46. The fraction of sp³-hybridized carbons (Fsp3) is 0.289. The maximum absolute atomic E-state index is 14.2. The van der Waals surface area contributed by atoms with Gasteiger partial charge in [-0.15, -0.1) is 0 Å². The largest absolute Gasteiger partial charge is 0.508 e. The summed E-state index contributed by atoms with van der Waals surface area (Å²) in [4.78, 5) is 73.0. The summed E-state index contributed by atoms with van der Waals surface area (Å²) >= 11 is 4.18. The zero-order valence-corrected chi connectivity index (χ0v) is 30.2. The molecule has 0 radical (unpaired) electrons. The molecule has 0 aliphatic heterocycles. The Morgan fingerprint density at radius 1 is 0.667 bits per heavy atom. The van der Waals surface area contributed by atoms with Crippen molar-refractivity contribution in [1.29, 1.82) is 0 Å². The minimum atomic E-state index is -1.36. The van der Waals surface area contributed by atoms with Crippen molar-refractivity contribution in [1.82, 2.24) is 31.2 Å². The number of rotatable bonds is 17. The molecule has 5 rings (SSSR count). The van der Waals surface area contributed by atoms with Crippen LogP contribution < -0.4 is 27.0 Å². The first-order chi connectivity index (χ1) is 25.8. The number of carboxylic acids is 1. The smallest absolute Gasteiger partial charge is 0.326 e. The molecule has 0 aliphatic carbocycles. The van der Waals surface area contributed by atoms with Gasteiger partial charge in [0.15, 0.2) is 0 Å². The topological polar surface area (TPSA) is 252 Å². The van der Waals surface area contributed by atoms with Gasteiger partial charge in [0, 0.05) is 59.2 Å². The first-order valence-electron chi connectivity index (χ1n) is 17.2. The van der Waals surface area contributed by atoms with Crippen molar-refractivity contribution in [2.45, 2.75) is 62.5 Å². The maximum Gasteiger partial charge on any atom is 0.326 e. The highest BCUT2D eigenvalue weighted by atomic mass is 32.1. The summed E-state index contributed by atoms with van der Waals surface area (Å²) in [7, 11) is 0. The average Bonchev–Trinajstić information content (AvgIpc) is 3.77. The van der Waals surface area contributed by atoms with E-state index in [0.717, 1.165) is 21.8 Å². The van der Waals surface area contributed by atoms with Gasteiger partial charge in [-0.1, -0.05) is 48.5 Å². The molecular weight excluding hydrogens is 715 g/mol. The molecule has 0 unspecified atom stereocenters. The number of aromatic amines is 2. The molecule has 2 heterocycles. The maximum atomic E-state index is 14.2. The lowest BCUT2D eigenvalue weighted by Gasteiger charge is -2.26. The molecule has 0 bridgehead atoms. The lowest BCUT2D eigenvalue weighted by atomic mass is 10.0. The molecule has 2 aromatic heterocycles. The minimum Gasteiger partial charge on any atom is -0.508 e. The number of benzene rings is 3. The number of aliphatic hydroxyl groups is 1. The number of para-hydroxylation sites is 2. The van der Waals surface area contributed by atoms with E-state index in [4.69, 9.17) is 5.73 Å². The van der Waals surface area contributed by atoms with Gasteiger partial charge in [-0.2, -0.15) is 12.6 Å². The van der Waals surface area contributed by atoms with Crippen molar-refractivity contribution in [2.24, 2.45) is 5.73 Å². The van der Waals surface area contributed by atoms with Crippen LogP contribution in [0.5, 0.6) is 5.75 Å². The number of carbonyl (C=O) groups is 5. The molecule has 284 valence electrons. The van der Waals surface area contributed by atoms with Crippen molar-refractivity contribution in [3.8, 4) is 5.75 Å². The van der Waals surface area contributed by atoms with E-state index >= 15 is 0 Å². The lowest BCUT2D eigenvalue weighted by molar-refractivity contribution is -0.142. The monoisotopic (exact) mass is 757 g/mol. The molecule has 3 aromatic carbocycles.